The molecule has 0 amide bonds. The van der Waals surface area contributed by atoms with Crippen molar-refractivity contribution in [1.82, 2.24) is 10.2 Å². The zero-order chi connectivity index (χ0) is 13.9. The van der Waals surface area contributed by atoms with Crippen LogP contribution in [0.25, 0.3) is 0 Å². The topological polar surface area (TPSA) is 35.5 Å². The van der Waals surface area contributed by atoms with Gasteiger partial charge in [-0.05, 0) is 44.5 Å². The predicted molar refractivity (Wildman–Crippen MR) is 79.6 cm³/mol. The van der Waals surface area contributed by atoms with Crippen LogP contribution in [0.5, 0.6) is 0 Å². The van der Waals surface area contributed by atoms with Crippen molar-refractivity contribution < 1.29 is 5.11 Å². The van der Waals surface area contributed by atoms with Crippen molar-refractivity contribution in [1.29, 1.82) is 0 Å². The van der Waals surface area contributed by atoms with Crippen LogP contribution in [0.3, 0.4) is 0 Å². The van der Waals surface area contributed by atoms with E-state index in [4.69, 9.17) is 11.6 Å². The zero-order valence-electron chi connectivity index (χ0n) is 11.7. The Kier molecular flexibility index (Phi) is 4.85. The molecule has 0 bridgehead atoms. The highest BCUT2D eigenvalue weighted by Crippen LogP contribution is 2.23. The summed E-state index contributed by atoms with van der Waals surface area (Å²) in [7, 11) is 1.99. The standard InChI is InChI=1S/C15H23ClN2O/c1-15(19)8-10-18(11-15)9-7-14(17-2)12-3-5-13(16)6-4-12/h3-6,14,17,19H,7-11H2,1-2H3. The Morgan fingerprint density at radius 3 is 2.63 bits per heavy atom. The summed E-state index contributed by atoms with van der Waals surface area (Å²) in [5.74, 6) is 0. The molecule has 0 spiro atoms. The predicted octanol–water partition coefficient (Wildman–Crippen LogP) is 2.45. The molecule has 1 aromatic rings. The molecular weight excluding hydrogens is 260 g/mol. The van der Waals surface area contributed by atoms with Gasteiger partial charge in [-0.2, -0.15) is 0 Å². The maximum atomic E-state index is 9.96. The van der Waals surface area contributed by atoms with Gasteiger partial charge in [-0.15, -0.1) is 0 Å². The first kappa shape index (κ1) is 14.8. The molecule has 0 saturated carbocycles. The van der Waals surface area contributed by atoms with E-state index in [0.717, 1.165) is 37.5 Å². The van der Waals surface area contributed by atoms with Crippen LogP contribution >= 0.6 is 11.6 Å². The summed E-state index contributed by atoms with van der Waals surface area (Å²) in [4.78, 5) is 2.33. The maximum absolute atomic E-state index is 9.96. The van der Waals surface area contributed by atoms with Crippen LogP contribution in [-0.4, -0.2) is 42.3 Å². The first-order valence-electron chi connectivity index (χ1n) is 6.88. The number of β-amino-alcohol motifs (C(OH)–C–C–N with tert-alkyl or cyclic N) is 1. The Balaban J connectivity index is 1.88. The second kappa shape index (κ2) is 6.23. The third-order valence-electron chi connectivity index (χ3n) is 3.89. The van der Waals surface area contributed by atoms with Crippen molar-refractivity contribution in [3.05, 3.63) is 34.9 Å². The van der Waals surface area contributed by atoms with Crippen LogP contribution in [-0.2, 0) is 0 Å². The van der Waals surface area contributed by atoms with Crippen LogP contribution in [0, 0.1) is 0 Å². The van der Waals surface area contributed by atoms with Gasteiger partial charge in [-0.3, -0.25) is 0 Å². The van der Waals surface area contributed by atoms with Gasteiger partial charge < -0.3 is 15.3 Å². The minimum Gasteiger partial charge on any atom is -0.389 e. The van der Waals surface area contributed by atoms with E-state index in [2.05, 4.69) is 22.3 Å². The summed E-state index contributed by atoms with van der Waals surface area (Å²) in [6.07, 6.45) is 1.91. The molecular formula is C15H23ClN2O. The number of halogens is 1. The van der Waals surface area contributed by atoms with Crippen LogP contribution in [0.1, 0.15) is 31.4 Å². The number of rotatable bonds is 5. The molecule has 2 atom stereocenters. The molecule has 2 rings (SSSR count). The largest absolute Gasteiger partial charge is 0.389 e. The molecule has 1 fully saturated rings. The average molecular weight is 283 g/mol. The van der Waals surface area contributed by atoms with Crippen molar-refractivity contribution in [3.63, 3.8) is 0 Å². The Morgan fingerprint density at radius 1 is 1.42 bits per heavy atom. The molecule has 0 aliphatic carbocycles. The van der Waals surface area contributed by atoms with E-state index in [9.17, 15) is 5.11 Å². The summed E-state index contributed by atoms with van der Waals surface area (Å²) in [5, 5.41) is 14.1. The highest BCUT2D eigenvalue weighted by Gasteiger charge is 2.31. The second-order valence-corrected chi connectivity index (χ2v) is 6.14. The van der Waals surface area contributed by atoms with Gasteiger partial charge in [0.25, 0.3) is 0 Å². The van der Waals surface area contributed by atoms with Gasteiger partial charge in [-0.1, -0.05) is 23.7 Å². The Bertz CT molecular complexity index is 405. The summed E-state index contributed by atoms with van der Waals surface area (Å²) < 4.78 is 0. The lowest BCUT2D eigenvalue weighted by Gasteiger charge is -2.22. The monoisotopic (exact) mass is 282 g/mol. The van der Waals surface area contributed by atoms with Gasteiger partial charge in [0.2, 0.25) is 0 Å². The van der Waals surface area contributed by atoms with Crippen LogP contribution < -0.4 is 5.32 Å². The van der Waals surface area contributed by atoms with Crippen molar-refractivity contribution in [3.8, 4) is 0 Å². The molecule has 1 heterocycles. The number of likely N-dealkylation sites (tertiary alicyclic amines) is 1. The summed E-state index contributed by atoms with van der Waals surface area (Å²) >= 11 is 5.92. The van der Waals surface area contributed by atoms with Crippen molar-refractivity contribution >= 4 is 11.6 Å². The van der Waals surface area contributed by atoms with E-state index in [1.807, 2.05) is 26.1 Å². The molecule has 2 unspecified atom stereocenters. The van der Waals surface area contributed by atoms with Crippen LogP contribution in [0.4, 0.5) is 0 Å². The van der Waals surface area contributed by atoms with Crippen LogP contribution in [0.15, 0.2) is 24.3 Å². The van der Waals surface area contributed by atoms with Crippen LogP contribution in [0.2, 0.25) is 5.02 Å². The van der Waals surface area contributed by atoms with Gasteiger partial charge in [0.15, 0.2) is 0 Å². The number of nitrogens with zero attached hydrogens (tertiary/aromatic N) is 1. The van der Waals surface area contributed by atoms with Gasteiger partial charge >= 0.3 is 0 Å². The molecule has 1 aliphatic rings. The normalized spacial score (nSPS) is 25.7. The van der Waals surface area contributed by atoms with Crippen molar-refractivity contribution in [2.45, 2.75) is 31.4 Å². The minimum atomic E-state index is -0.505. The molecule has 4 heteroatoms. The van der Waals surface area contributed by atoms with E-state index in [1.54, 1.807) is 0 Å². The molecule has 2 N–H and O–H groups in total. The first-order valence-corrected chi connectivity index (χ1v) is 7.25. The van der Waals surface area contributed by atoms with Gasteiger partial charge in [0.1, 0.15) is 0 Å². The molecule has 106 valence electrons. The number of nitrogens with one attached hydrogen (secondary N) is 1. The van der Waals surface area contributed by atoms with Crippen molar-refractivity contribution in [2.75, 3.05) is 26.7 Å². The second-order valence-electron chi connectivity index (χ2n) is 5.70. The van der Waals surface area contributed by atoms with E-state index >= 15 is 0 Å². The maximum Gasteiger partial charge on any atom is 0.0758 e. The molecule has 1 aromatic carbocycles. The lowest BCUT2D eigenvalue weighted by Crippen LogP contribution is -2.31. The van der Waals surface area contributed by atoms with Gasteiger partial charge in [-0.25, -0.2) is 0 Å². The fraction of sp³-hybridized carbons (Fsp3) is 0.600. The first-order chi connectivity index (χ1) is 9.00. The molecule has 3 nitrogen and oxygen atoms in total. The highest BCUT2D eigenvalue weighted by atomic mass is 35.5. The lowest BCUT2D eigenvalue weighted by molar-refractivity contribution is 0.0683. The van der Waals surface area contributed by atoms with E-state index in [-0.39, 0.29) is 0 Å². The lowest BCUT2D eigenvalue weighted by atomic mass is 10.0. The average Bonchev–Trinajstić information content (AvgIpc) is 2.72. The Labute approximate surface area is 120 Å². The number of hydrogen-bond acceptors (Lipinski definition) is 3. The third-order valence-corrected chi connectivity index (χ3v) is 4.14. The van der Waals surface area contributed by atoms with E-state index in [1.165, 1.54) is 5.56 Å². The molecule has 1 aliphatic heterocycles. The zero-order valence-corrected chi connectivity index (χ0v) is 12.5. The fourth-order valence-corrected chi connectivity index (χ4v) is 2.84. The SMILES string of the molecule is CNC(CCN1CCC(C)(O)C1)c1ccc(Cl)cc1. The van der Waals surface area contributed by atoms with Crippen molar-refractivity contribution in [2.24, 2.45) is 0 Å². The van der Waals surface area contributed by atoms with E-state index in [0.29, 0.717) is 6.04 Å². The summed E-state index contributed by atoms with van der Waals surface area (Å²) in [6.45, 7) is 4.69. The Hall–Kier alpha value is -0.610. The number of hydrogen-bond donors (Lipinski definition) is 2. The molecule has 0 radical (unpaired) electrons. The number of benzene rings is 1. The minimum absolute atomic E-state index is 0.336. The van der Waals surface area contributed by atoms with E-state index < -0.39 is 5.60 Å². The third kappa shape index (κ3) is 4.18. The van der Waals surface area contributed by atoms with Gasteiger partial charge in [0.05, 0.1) is 5.60 Å². The van der Waals surface area contributed by atoms with Gasteiger partial charge in [0, 0.05) is 30.7 Å². The summed E-state index contributed by atoms with van der Waals surface area (Å²) in [5.41, 5.74) is 0.757. The molecule has 1 saturated heterocycles. The quantitative estimate of drug-likeness (QED) is 0.871. The fourth-order valence-electron chi connectivity index (χ4n) is 2.71. The summed E-state index contributed by atoms with van der Waals surface area (Å²) in [6, 6.07) is 8.35. The highest BCUT2D eigenvalue weighted by molar-refractivity contribution is 6.30. The molecule has 0 aromatic heterocycles. The molecule has 19 heavy (non-hydrogen) atoms. The number of aliphatic hydroxyl groups is 1. The smallest absolute Gasteiger partial charge is 0.0758 e. The Morgan fingerprint density at radius 2 is 2.11 bits per heavy atom.